The Kier molecular flexibility index (Phi) is 6.02. The second-order valence-electron chi connectivity index (χ2n) is 10.6. The number of amides is 2. The lowest BCUT2D eigenvalue weighted by molar-refractivity contribution is -0.144. The molecule has 0 N–H and O–H groups in total. The van der Waals surface area contributed by atoms with Crippen molar-refractivity contribution >= 4 is 11.7 Å². The average Bonchev–Trinajstić information content (AvgIpc) is 3.08. The second-order valence-corrected chi connectivity index (χ2v) is 10.6. The summed E-state index contributed by atoms with van der Waals surface area (Å²) in [5, 5.41) is 0. The van der Waals surface area contributed by atoms with Crippen molar-refractivity contribution in [1.82, 2.24) is 19.8 Å². The van der Waals surface area contributed by atoms with Gasteiger partial charge in [0, 0.05) is 12.1 Å². The quantitative estimate of drug-likeness (QED) is 0.574. The minimum Gasteiger partial charge on any atom is -0.317 e. The van der Waals surface area contributed by atoms with Crippen LogP contribution in [0.5, 0.6) is 0 Å². The lowest BCUT2D eigenvalue weighted by Crippen LogP contribution is -2.56. The highest BCUT2D eigenvalue weighted by atomic mass is 19.4. The van der Waals surface area contributed by atoms with E-state index in [1.54, 1.807) is 4.90 Å². The van der Waals surface area contributed by atoms with E-state index in [4.69, 9.17) is 0 Å². The van der Waals surface area contributed by atoms with Gasteiger partial charge in [-0.2, -0.15) is 13.2 Å². The van der Waals surface area contributed by atoms with Gasteiger partial charge in [0.15, 0.2) is 0 Å². The lowest BCUT2D eigenvalue weighted by atomic mass is 9.68. The molecule has 0 bridgehead atoms. The fraction of sp³-hybridized carbons (Fsp3) is 0.577. The van der Waals surface area contributed by atoms with Crippen LogP contribution in [0.1, 0.15) is 56.3 Å². The highest BCUT2D eigenvalue weighted by Crippen LogP contribution is 2.50. The Balaban J connectivity index is 1.43. The minimum atomic E-state index is -4.61. The van der Waals surface area contributed by atoms with Gasteiger partial charge in [-0.15, -0.1) is 0 Å². The summed E-state index contributed by atoms with van der Waals surface area (Å²) in [4.78, 5) is 26.6. The Morgan fingerprint density at radius 3 is 2.17 bits per heavy atom. The zero-order valence-corrected chi connectivity index (χ0v) is 20.3. The fourth-order valence-corrected chi connectivity index (χ4v) is 6.11. The van der Waals surface area contributed by atoms with E-state index in [9.17, 15) is 18.0 Å². The van der Waals surface area contributed by atoms with Crippen LogP contribution in [0.15, 0.2) is 42.7 Å². The predicted molar refractivity (Wildman–Crippen MR) is 127 cm³/mol. The van der Waals surface area contributed by atoms with Crippen LogP contribution in [0.25, 0.3) is 0 Å². The summed E-state index contributed by atoms with van der Waals surface area (Å²) in [5.41, 5.74) is 1.15. The molecule has 2 amide bonds. The van der Waals surface area contributed by atoms with E-state index < -0.39 is 12.0 Å². The Morgan fingerprint density at radius 2 is 1.66 bits per heavy atom. The SMILES string of the molecule is CN(C)C1(c2ccccc2)CCC2(CC1)CN(c1cnc(C(F)(F)F)nc1)C(=O)N2CC1CCC1. The third-order valence-corrected chi connectivity index (χ3v) is 8.53. The summed E-state index contributed by atoms with van der Waals surface area (Å²) >= 11 is 0. The van der Waals surface area contributed by atoms with Crippen LogP contribution in [0.2, 0.25) is 0 Å². The largest absolute Gasteiger partial charge is 0.451 e. The van der Waals surface area contributed by atoms with Crippen molar-refractivity contribution in [3.05, 3.63) is 54.1 Å². The molecule has 6 nitrogen and oxygen atoms in total. The molecule has 2 saturated carbocycles. The molecule has 1 aromatic carbocycles. The number of rotatable bonds is 5. The number of alkyl halides is 3. The molecule has 3 fully saturated rings. The Labute approximate surface area is 204 Å². The maximum atomic E-state index is 13.7. The third kappa shape index (κ3) is 4.17. The number of urea groups is 1. The highest BCUT2D eigenvalue weighted by molar-refractivity contribution is 5.95. The lowest BCUT2D eigenvalue weighted by Gasteiger charge is -2.51. The summed E-state index contributed by atoms with van der Waals surface area (Å²) in [5.74, 6) is -0.695. The molecule has 35 heavy (non-hydrogen) atoms. The summed E-state index contributed by atoms with van der Waals surface area (Å²) in [6, 6.07) is 10.4. The van der Waals surface area contributed by atoms with Gasteiger partial charge < -0.3 is 4.90 Å². The zero-order valence-electron chi connectivity index (χ0n) is 20.3. The first-order chi connectivity index (χ1) is 16.6. The average molecular weight is 488 g/mol. The van der Waals surface area contributed by atoms with Crippen molar-refractivity contribution in [3.63, 3.8) is 0 Å². The predicted octanol–water partition coefficient (Wildman–Crippen LogP) is 5.31. The first kappa shape index (κ1) is 24.0. The van der Waals surface area contributed by atoms with Crippen molar-refractivity contribution < 1.29 is 18.0 Å². The van der Waals surface area contributed by atoms with Gasteiger partial charge in [-0.05, 0) is 64.1 Å². The maximum absolute atomic E-state index is 13.7. The normalized spacial score (nSPS) is 27.7. The molecule has 1 spiro atoms. The fourth-order valence-electron chi connectivity index (χ4n) is 6.11. The highest BCUT2D eigenvalue weighted by Gasteiger charge is 2.55. The number of benzene rings is 1. The monoisotopic (exact) mass is 487 g/mol. The number of anilines is 1. The van der Waals surface area contributed by atoms with Crippen molar-refractivity contribution in [3.8, 4) is 0 Å². The van der Waals surface area contributed by atoms with Crippen molar-refractivity contribution in [1.29, 1.82) is 0 Å². The van der Waals surface area contributed by atoms with Crippen LogP contribution >= 0.6 is 0 Å². The molecule has 188 valence electrons. The summed E-state index contributed by atoms with van der Waals surface area (Å²) in [6.07, 6.45) is 4.54. The van der Waals surface area contributed by atoms with Crippen molar-refractivity contribution in [2.45, 2.75) is 62.2 Å². The first-order valence-electron chi connectivity index (χ1n) is 12.4. The van der Waals surface area contributed by atoms with Crippen LogP contribution in [-0.2, 0) is 11.7 Å². The van der Waals surface area contributed by atoms with Gasteiger partial charge in [0.2, 0.25) is 5.82 Å². The van der Waals surface area contributed by atoms with Crippen LogP contribution in [0.3, 0.4) is 0 Å². The topological polar surface area (TPSA) is 52.6 Å². The molecule has 0 radical (unpaired) electrons. The van der Waals surface area contributed by atoms with Gasteiger partial charge >= 0.3 is 12.2 Å². The molecule has 2 aromatic rings. The van der Waals surface area contributed by atoms with E-state index in [0.29, 0.717) is 24.7 Å². The number of halogens is 3. The maximum Gasteiger partial charge on any atom is 0.451 e. The summed E-state index contributed by atoms with van der Waals surface area (Å²) in [6.45, 7) is 1.16. The van der Waals surface area contributed by atoms with E-state index in [0.717, 1.165) is 50.9 Å². The van der Waals surface area contributed by atoms with E-state index in [1.165, 1.54) is 12.0 Å². The number of hydrogen-bond acceptors (Lipinski definition) is 4. The van der Waals surface area contributed by atoms with E-state index >= 15 is 0 Å². The standard InChI is InChI=1S/C26H32F3N5O/c1-32(2)25(20-9-4-3-5-10-20)13-11-24(12-14-25)18-33(23(35)34(24)17-19-7-6-8-19)21-15-30-22(31-16-21)26(27,28)29/h3-5,9-10,15-16,19H,6-8,11-14,17-18H2,1-2H3. The molecule has 0 unspecified atom stereocenters. The van der Waals surface area contributed by atoms with Crippen molar-refractivity contribution in [2.75, 3.05) is 32.1 Å². The Hall–Kier alpha value is -2.68. The summed E-state index contributed by atoms with van der Waals surface area (Å²) in [7, 11) is 4.23. The smallest absolute Gasteiger partial charge is 0.317 e. The molecule has 3 aliphatic rings. The van der Waals surface area contributed by atoms with Gasteiger partial charge in [-0.1, -0.05) is 36.8 Å². The van der Waals surface area contributed by atoms with Crippen LogP contribution in [0, 0.1) is 5.92 Å². The zero-order chi connectivity index (χ0) is 24.8. The van der Waals surface area contributed by atoms with Crippen molar-refractivity contribution in [2.24, 2.45) is 5.92 Å². The minimum absolute atomic E-state index is 0.109. The second kappa shape index (κ2) is 8.76. The third-order valence-electron chi connectivity index (χ3n) is 8.53. The Morgan fingerprint density at radius 1 is 1.03 bits per heavy atom. The molecule has 9 heteroatoms. The van der Waals surface area contributed by atoms with Crippen LogP contribution in [-0.4, -0.2) is 58.5 Å². The van der Waals surface area contributed by atoms with E-state index in [-0.39, 0.29) is 17.1 Å². The molecular weight excluding hydrogens is 455 g/mol. The number of hydrogen-bond donors (Lipinski definition) is 0. The molecule has 0 atom stereocenters. The van der Waals surface area contributed by atoms with Gasteiger partial charge in [-0.25, -0.2) is 14.8 Å². The van der Waals surface area contributed by atoms with E-state index in [1.807, 2.05) is 11.0 Å². The Bertz CT molecular complexity index is 1040. The molecule has 5 rings (SSSR count). The van der Waals surface area contributed by atoms with Gasteiger partial charge in [-0.3, -0.25) is 9.80 Å². The number of aromatic nitrogens is 2. The molecule has 1 aliphatic heterocycles. The van der Waals surface area contributed by atoms with Gasteiger partial charge in [0.25, 0.3) is 0 Å². The molecule has 2 heterocycles. The number of carbonyl (C=O) groups excluding carboxylic acids is 1. The molecule has 1 saturated heterocycles. The van der Waals surface area contributed by atoms with E-state index in [2.05, 4.69) is 53.2 Å². The number of carbonyl (C=O) groups is 1. The summed E-state index contributed by atoms with van der Waals surface area (Å²) < 4.78 is 38.9. The van der Waals surface area contributed by atoms with Gasteiger partial charge in [0.05, 0.1) is 30.2 Å². The van der Waals surface area contributed by atoms with Crippen LogP contribution < -0.4 is 4.90 Å². The number of nitrogens with zero attached hydrogens (tertiary/aromatic N) is 5. The van der Waals surface area contributed by atoms with Gasteiger partial charge in [0.1, 0.15) is 0 Å². The molecule has 1 aromatic heterocycles. The van der Waals surface area contributed by atoms with Crippen LogP contribution in [0.4, 0.5) is 23.7 Å². The molecular formula is C26H32F3N5O. The molecule has 2 aliphatic carbocycles. The first-order valence-corrected chi connectivity index (χ1v) is 12.4.